The molecule has 0 aliphatic heterocycles. The zero-order chi connectivity index (χ0) is 12.7. The SMILES string of the molecule is CCCNc1cccc(NC(C)CC(C)C)n1. The minimum atomic E-state index is 0.462. The monoisotopic (exact) mass is 235 g/mol. The molecule has 0 saturated carbocycles. The van der Waals surface area contributed by atoms with E-state index >= 15 is 0 Å². The van der Waals surface area contributed by atoms with Gasteiger partial charge in [0.05, 0.1) is 0 Å². The maximum atomic E-state index is 4.54. The number of nitrogens with one attached hydrogen (secondary N) is 2. The van der Waals surface area contributed by atoms with Crippen molar-refractivity contribution in [1.29, 1.82) is 0 Å². The van der Waals surface area contributed by atoms with Gasteiger partial charge in [0.2, 0.25) is 0 Å². The molecule has 0 aliphatic rings. The van der Waals surface area contributed by atoms with E-state index in [1.165, 1.54) is 0 Å². The Labute approximate surface area is 105 Å². The molecule has 0 saturated heterocycles. The van der Waals surface area contributed by atoms with Gasteiger partial charge in [-0.25, -0.2) is 4.98 Å². The molecule has 3 heteroatoms. The standard InChI is InChI=1S/C14H25N3/c1-5-9-15-13-7-6-8-14(17-13)16-12(4)10-11(2)3/h6-8,11-12H,5,9-10H2,1-4H3,(H2,15,16,17). The van der Waals surface area contributed by atoms with E-state index in [0.717, 1.165) is 31.0 Å². The molecule has 96 valence electrons. The molecular formula is C14H25N3. The first-order chi connectivity index (χ1) is 8.11. The van der Waals surface area contributed by atoms with Crippen LogP contribution < -0.4 is 10.6 Å². The van der Waals surface area contributed by atoms with Gasteiger partial charge in [0, 0.05) is 12.6 Å². The van der Waals surface area contributed by atoms with Gasteiger partial charge in [-0.05, 0) is 37.8 Å². The number of nitrogens with zero attached hydrogens (tertiary/aromatic N) is 1. The van der Waals surface area contributed by atoms with Crippen LogP contribution in [-0.4, -0.2) is 17.6 Å². The number of anilines is 2. The molecule has 0 aliphatic carbocycles. The van der Waals surface area contributed by atoms with Crippen LogP contribution in [0.2, 0.25) is 0 Å². The Balaban J connectivity index is 2.52. The van der Waals surface area contributed by atoms with Gasteiger partial charge in [-0.15, -0.1) is 0 Å². The Morgan fingerprint density at radius 1 is 1.18 bits per heavy atom. The van der Waals surface area contributed by atoms with Crippen LogP contribution in [0.15, 0.2) is 18.2 Å². The van der Waals surface area contributed by atoms with Crippen LogP contribution in [0, 0.1) is 5.92 Å². The highest BCUT2D eigenvalue weighted by molar-refractivity contribution is 5.45. The fourth-order valence-electron chi connectivity index (χ4n) is 1.89. The molecule has 0 amide bonds. The highest BCUT2D eigenvalue weighted by Crippen LogP contribution is 2.13. The van der Waals surface area contributed by atoms with E-state index in [4.69, 9.17) is 0 Å². The molecule has 1 heterocycles. The predicted molar refractivity (Wildman–Crippen MR) is 75.6 cm³/mol. The summed E-state index contributed by atoms with van der Waals surface area (Å²) in [7, 11) is 0. The minimum absolute atomic E-state index is 0.462. The van der Waals surface area contributed by atoms with E-state index in [1.807, 2.05) is 18.2 Å². The summed E-state index contributed by atoms with van der Waals surface area (Å²) in [5, 5.41) is 6.74. The van der Waals surface area contributed by atoms with Crippen molar-refractivity contribution in [1.82, 2.24) is 4.98 Å². The van der Waals surface area contributed by atoms with E-state index in [9.17, 15) is 0 Å². The molecule has 17 heavy (non-hydrogen) atoms. The maximum Gasteiger partial charge on any atom is 0.128 e. The largest absolute Gasteiger partial charge is 0.370 e. The summed E-state index contributed by atoms with van der Waals surface area (Å²) >= 11 is 0. The summed E-state index contributed by atoms with van der Waals surface area (Å²) < 4.78 is 0. The molecule has 1 aromatic heterocycles. The second-order valence-electron chi connectivity index (χ2n) is 5.01. The molecule has 1 rings (SSSR count). The van der Waals surface area contributed by atoms with Crippen LogP contribution >= 0.6 is 0 Å². The Kier molecular flexibility index (Phi) is 5.81. The zero-order valence-corrected chi connectivity index (χ0v) is 11.5. The summed E-state index contributed by atoms with van der Waals surface area (Å²) in [4.78, 5) is 4.54. The van der Waals surface area contributed by atoms with Gasteiger partial charge in [-0.2, -0.15) is 0 Å². The summed E-state index contributed by atoms with van der Waals surface area (Å²) in [6.07, 6.45) is 2.28. The van der Waals surface area contributed by atoms with Gasteiger partial charge >= 0.3 is 0 Å². The van der Waals surface area contributed by atoms with E-state index in [0.29, 0.717) is 12.0 Å². The van der Waals surface area contributed by atoms with Crippen molar-refractivity contribution in [3.8, 4) is 0 Å². The van der Waals surface area contributed by atoms with Crippen LogP contribution in [0.3, 0.4) is 0 Å². The second-order valence-corrected chi connectivity index (χ2v) is 5.01. The first-order valence-corrected chi connectivity index (χ1v) is 6.59. The zero-order valence-electron chi connectivity index (χ0n) is 11.5. The fraction of sp³-hybridized carbons (Fsp3) is 0.643. The van der Waals surface area contributed by atoms with Gasteiger partial charge in [0.1, 0.15) is 11.6 Å². The van der Waals surface area contributed by atoms with Gasteiger partial charge in [-0.3, -0.25) is 0 Å². The first kappa shape index (κ1) is 13.8. The lowest BCUT2D eigenvalue weighted by Gasteiger charge is -2.17. The van der Waals surface area contributed by atoms with E-state index in [-0.39, 0.29) is 0 Å². The highest BCUT2D eigenvalue weighted by Gasteiger charge is 2.05. The number of pyridine rings is 1. The number of aromatic nitrogens is 1. The quantitative estimate of drug-likeness (QED) is 0.755. The summed E-state index contributed by atoms with van der Waals surface area (Å²) in [6, 6.07) is 6.53. The third-order valence-corrected chi connectivity index (χ3v) is 2.52. The van der Waals surface area contributed by atoms with Crippen LogP contribution in [0.4, 0.5) is 11.6 Å². The Morgan fingerprint density at radius 3 is 2.53 bits per heavy atom. The number of hydrogen-bond acceptors (Lipinski definition) is 3. The summed E-state index contributed by atoms with van der Waals surface area (Å²) in [6.45, 7) is 9.81. The fourth-order valence-corrected chi connectivity index (χ4v) is 1.89. The Hall–Kier alpha value is -1.25. The lowest BCUT2D eigenvalue weighted by molar-refractivity contribution is 0.539. The molecule has 1 atom stereocenters. The topological polar surface area (TPSA) is 37.0 Å². The van der Waals surface area contributed by atoms with Crippen LogP contribution in [-0.2, 0) is 0 Å². The Morgan fingerprint density at radius 2 is 1.88 bits per heavy atom. The van der Waals surface area contributed by atoms with Crippen LogP contribution in [0.5, 0.6) is 0 Å². The van der Waals surface area contributed by atoms with Gasteiger partial charge in [-0.1, -0.05) is 26.8 Å². The van der Waals surface area contributed by atoms with Crippen molar-refractivity contribution in [2.45, 2.75) is 46.6 Å². The summed E-state index contributed by atoms with van der Waals surface area (Å²) in [5.74, 6) is 2.62. The van der Waals surface area contributed by atoms with Crippen molar-refractivity contribution >= 4 is 11.6 Å². The molecule has 0 radical (unpaired) electrons. The molecule has 0 aromatic carbocycles. The van der Waals surface area contributed by atoms with E-state index in [2.05, 4.69) is 43.3 Å². The normalized spacial score (nSPS) is 12.5. The van der Waals surface area contributed by atoms with Gasteiger partial charge < -0.3 is 10.6 Å². The minimum Gasteiger partial charge on any atom is -0.370 e. The van der Waals surface area contributed by atoms with Crippen molar-refractivity contribution in [3.63, 3.8) is 0 Å². The van der Waals surface area contributed by atoms with E-state index in [1.54, 1.807) is 0 Å². The van der Waals surface area contributed by atoms with Crippen molar-refractivity contribution in [2.75, 3.05) is 17.2 Å². The lowest BCUT2D eigenvalue weighted by atomic mass is 10.1. The Bertz CT molecular complexity index is 323. The van der Waals surface area contributed by atoms with Crippen molar-refractivity contribution in [3.05, 3.63) is 18.2 Å². The van der Waals surface area contributed by atoms with Crippen LogP contribution in [0.25, 0.3) is 0 Å². The molecule has 0 fully saturated rings. The molecule has 1 unspecified atom stereocenters. The molecule has 0 spiro atoms. The predicted octanol–water partition coefficient (Wildman–Crippen LogP) is 3.75. The maximum absolute atomic E-state index is 4.54. The number of hydrogen-bond donors (Lipinski definition) is 2. The molecule has 2 N–H and O–H groups in total. The molecule has 1 aromatic rings. The third kappa shape index (κ3) is 5.57. The van der Waals surface area contributed by atoms with Gasteiger partial charge in [0.15, 0.2) is 0 Å². The van der Waals surface area contributed by atoms with Crippen LogP contribution in [0.1, 0.15) is 40.5 Å². The molecular weight excluding hydrogens is 210 g/mol. The second kappa shape index (κ2) is 7.15. The van der Waals surface area contributed by atoms with Crippen molar-refractivity contribution in [2.24, 2.45) is 5.92 Å². The molecule has 0 bridgehead atoms. The highest BCUT2D eigenvalue weighted by atomic mass is 15.1. The number of rotatable bonds is 7. The average molecular weight is 235 g/mol. The lowest BCUT2D eigenvalue weighted by Crippen LogP contribution is -2.18. The smallest absolute Gasteiger partial charge is 0.128 e. The summed E-state index contributed by atoms with van der Waals surface area (Å²) in [5.41, 5.74) is 0. The third-order valence-electron chi connectivity index (χ3n) is 2.52. The molecule has 3 nitrogen and oxygen atoms in total. The average Bonchev–Trinajstić information content (AvgIpc) is 2.25. The van der Waals surface area contributed by atoms with E-state index < -0.39 is 0 Å². The van der Waals surface area contributed by atoms with Gasteiger partial charge in [0.25, 0.3) is 0 Å². The van der Waals surface area contributed by atoms with Crippen molar-refractivity contribution < 1.29 is 0 Å². The first-order valence-electron chi connectivity index (χ1n) is 6.59.